The van der Waals surface area contributed by atoms with Crippen molar-refractivity contribution in [3.05, 3.63) is 83.4 Å². The number of carbonyl (C=O) groups excluding carboxylic acids is 1. The molecule has 3 N–H and O–H groups in total. The number of nitrogens with two attached hydrogens (primary N) is 1. The molecule has 1 atom stereocenters. The van der Waals surface area contributed by atoms with Crippen LogP contribution in [0.15, 0.2) is 60.7 Å². The van der Waals surface area contributed by atoms with Crippen molar-refractivity contribution in [3.8, 4) is 0 Å². The van der Waals surface area contributed by atoms with Gasteiger partial charge in [-0.2, -0.15) is 5.10 Å². The second-order valence-electron chi connectivity index (χ2n) is 10.8. The second-order valence-corrected chi connectivity index (χ2v) is 10.8. The molecule has 1 amide bonds. The summed E-state index contributed by atoms with van der Waals surface area (Å²) in [6.45, 7) is 5.05. The molecule has 1 aliphatic heterocycles. The van der Waals surface area contributed by atoms with E-state index in [2.05, 4.69) is 58.2 Å². The van der Waals surface area contributed by atoms with E-state index < -0.39 is 5.54 Å². The van der Waals surface area contributed by atoms with Gasteiger partial charge >= 0.3 is 0 Å². The van der Waals surface area contributed by atoms with Gasteiger partial charge in [-0.05, 0) is 50.2 Å². The van der Waals surface area contributed by atoms with E-state index in [9.17, 15) is 4.79 Å². The van der Waals surface area contributed by atoms with Crippen LogP contribution in [0, 0.1) is 6.92 Å². The summed E-state index contributed by atoms with van der Waals surface area (Å²) in [5, 5.41) is 8.18. The first-order chi connectivity index (χ1) is 18.0. The number of hydrogen-bond acceptors (Lipinski definition) is 5. The maximum absolute atomic E-state index is 13.1. The van der Waals surface area contributed by atoms with Gasteiger partial charge in [0, 0.05) is 26.1 Å². The average Bonchev–Trinajstić information content (AvgIpc) is 3.54. The van der Waals surface area contributed by atoms with Crippen LogP contribution in [0.5, 0.6) is 0 Å². The molecule has 2 aromatic carbocycles. The smallest absolute Gasteiger partial charge is 0.240 e. The minimum Gasteiger partial charge on any atom is -0.348 e. The fourth-order valence-electron chi connectivity index (χ4n) is 5.90. The highest BCUT2D eigenvalue weighted by Crippen LogP contribution is 2.29. The van der Waals surface area contributed by atoms with Gasteiger partial charge in [0.2, 0.25) is 5.91 Å². The lowest BCUT2D eigenvalue weighted by atomic mass is 9.95. The minimum atomic E-state index is -0.708. The summed E-state index contributed by atoms with van der Waals surface area (Å²) < 4.78 is 2.14. The van der Waals surface area contributed by atoms with Gasteiger partial charge in [-0.3, -0.25) is 4.79 Å². The van der Waals surface area contributed by atoms with E-state index in [0.717, 1.165) is 88.2 Å². The van der Waals surface area contributed by atoms with Gasteiger partial charge in [0.15, 0.2) is 5.82 Å². The van der Waals surface area contributed by atoms with Crippen LogP contribution >= 0.6 is 0 Å². The van der Waals surface area contributed by atoms with Gasteiger partial charge < -0.3 is 16.0 Å². The Morgan fingerprint density at radius 1 is 1.05 bits per heavy atom. The maximum Gasteiger partial charge on any atom is 0.240 e. The third-order valence-electron chi connectivity index (χ3n) is 8.14. The summed E-state index contributed by atoms with van der Waals surface area (Å²) in [6.07, 6.45) is 7.39. The molecule has 196 valence electrons. The molecule has 1 aliphatic carbocycles. The Labute approximate surface area is 220 Å². The number of likely N-dealkylation sites (tertiary alicyclic amines) is 1. The quantitative estimate of drug-likeness (QED) is 0.456. The Kier molecular flexibility index (Phi) is 8.01. The first kappa shape index (κ1) is 25.6. The third-order valence-corrected chi connectivity index (χ3v) is 8.14. The van der Waals surface area contributed by atoms with E-state index in [-0.39, 0.29) is 11.9 Å². The van der Waals surface area contributed by atoms with Gasteiger partial charge in [0.05, 0.1) is 17.6 Å². The molecule has 0 bridgehead atoms. The molecule has 0 unspecified atom stereocenters. The third kappa shape index (κ3) is 6.28. The monoisotopic (exact) mass is 500 g/mol. The molecule has 3 aromatic rings. The molecular formula is C30H40N6O. The number of benzene rings is 2. The lowest BCUT2D eigenvalue weighted by molar-refractivity contribution is -0.127. The highest BCUT2D eigenvalue weighted by atomic mass is 16.2. The van der Waals surface area contributed by atoms with Crippen LogP contribution in [0.3, 0.4) is 0 Å². The number of nitrogens with one attached hydrogen (secondary N) is 1. The van der Waals surface area contributed by atoms with Crippen LogP contribution in [0.2, 0.25) is 0 Å². The molecule has 1 saturated heterocycles. The molecule has 0 spiro atoms. The van der Waals surface area contributed by atoms with Crippen molar-refractivity contribution in [3.63, 3.8) is 0 Å². The zero-order valence-corrected chi connectivity index (χ0v) is 22.0. The fraction of sp³-hybridized carbons (Fsp3) is 0.500. The summed E-state index contributed by atoms with van der Waals surface area (Å²) in [7, 11) is 0. The van der Waals surface area contributed by atoms with Crippen LogP contribution in [0.1, 0.15) is 79.8 Å². The van der Waals surface area contributed by atoms with Crippen molar-refractivity contribution in [1.82, 2.24) is 25.0 Å². The zero-order chi connectivity index (χ0) is 25.7. The Morgan fingerprint density at radius 3 is 2.38 bits per heavy atom. The SMILES string of the molecule is Cc1nc(Cc2ccccc2)nn1C1CCN(CC[C@H](NC(=O)C2(N)CCCC2)c2ccccc2)CC1. The van der Waals surface area contributed by atoms with Crippen LogP contribution in [-0.4, -0.2) is 50.7 Å². The summed E-state index contributed by atoms with van der Waals surface area (Å²) in [5.41, 5.74) is 8.14. The van der Waals surface area contributed by atoms with Gasteiger partial charge in [-0.25, -0.2) is 9.67 Å². The minimum absolute atomic E-state index is 0.00512. The second kappa shape index (κ2) is 11.6. The molecule has 1 saturated carbocycles. The van der Waals surface area contributed by atoms with Gasteiger partial charge in [-0.15, -0.1) is 0 Å². The molecule has 2 aliphatic rings. The van der Waals surface area contributed by atoms with E-state index in [1.165, 1.54) is 5.56 Å². The Bertz CT molecular complexity index is 1150. The van der Waals surface area contributed by atoms with Crippen LogP contribution in [0.4, 0.5) is 0 Å². The van der Waals surface area contributed by atoms with Crippen molar-refractivity contribution in [2.45, 2.75) is 75.9 Å². The van der Waals surface area contributed by atoms with Crippen LogP contribution < -0.4 is 11.1 Å². The standard InChI is InChI=1S/C30H40N6O/c1-23-32-28(22-24-10-4-2-5-11-24)34-36(23)26-14-19-35(20-15-26)21-16-27(25-12-6-3-7-13-25)33-29(37)30(31)17-8-9-18-30/h2-7,10-13,26-27H,8-9,14-22,31H2,1H3,(H,33,37)/t27-/m0/s1. The largest absolute Gasteiger partial charge is 0.348 e. The molecule has 5 rings (SSSR count). The predicted molar refractivity (Wildman–Crippen MR) is 146 cm³/mol. The van der Waals surface area contributed by atoms with Crippen molar-refractivity contribution in [1.29, 1.82) is 0 Å². The van der Waals surface area contributed by atoms with Crippen molar-refractivity contribution in [2.24, 2.45) is 5.73 Å². The molecule has 1 aromatic heterocycles. The Balaban J connectivity index is 1.16. The Morgan fingerprint density at radius 2 is 1.70 bits per heavy atom. The number of rotatable bonds is 9. The maximum atomic E-state index is 13.1. The summed E-state index contributed by atoms with van der Waals surface area (Å²) >= 11 is 0. The van der Waals surface area contributed by atoms with E-state index in [1.807, 2.05) is 24.3 Å². The lowest BCUT2D eigenvalue weighted by Crippen LogP contribution is -2.53. The first-order valence-corrected chi connectivity index (χ1v) is 13.8. The summed E-state index contributed by atoms with van der Waals surface area (Å²) in [6, 6.07) is 21.1. The number of hydrogen-bond donors (Lipinski definition) is 2. The molecule has 7 heteroatoms. The normalized spacial score (nSPS) is 19.1. The van der Waals surface area contributed by atoms with E-state index in [1.54, 1.807) is 0 Å². The van der Waals surface area contributed by atoms with E-state index in [4.69, 9.17) is 15.8 Å². The number of nitrogens with zero attached hydrogens (tertiary/aromatic N) is 4. The Hall–Kier alpha value is -3.03. The summed E-state index contributed by atoms with van der Waals surface area (Å²) in [4.78, 5) is 20.3. The molecule has 37 heavy (non-hydrogen) atoms. The van der Waals surface area contributed by atoms with Crippen LogP contribution in [-0.2, 0) is 11.2 Å². The number of aryl methyl sites for hydroxylation is 1. The van der Waals surface area contributed by atoms with Crippen molar-refractivity contribution < 1.29 is 4.79 Å². The molecular weight excluding hydrogens is 460 g/mol. The average molecular weight is 501 g/mol. The van der Waals surface area contributed by atoms with Gasteiger partial charge in [0.25, 0.3) is 0 Å². The topological polar surface area (TPSA) is 89.1 Å². The number of aromatic nitrogens is 3. The summed E-state index contributed by atoms with van der Waals surface area (Å²) in [5.74, 6) is 1.90. The highest BCUT2D eigenvalue weighted by Gasteiger charge is 2.38. The first-order valence-electron chi connectivity index (χ1n) is 13.8. The lowest BCUT2D eigenvalue weighted by Gasteiger charge is -2.34. The van der Waals surface area contributed by atoms with E-state index in [0.29, 0.717) is 6.04 Å². The van der Waals surface area contributed by atoms with Crippen molar-refractivity contribution in [2.75, 3.05) is 19.6 Å². The molecule has 2 heterocycles. The fourth-order valence-corrected chi connectivity index (χ4v) is 5.90. The van der Waals surface area contributed by atoms with Crippen LogP contribution in [0.25, 0.3) is 0 Å². The van der Waals surface area contributed by atoms with Gasteiger partial charge in [-0.1, -0.05) is 73.5 Å². The number of carbonyl (C=O) groups is 1. The highest BCUT2D eigenvalue weighted by molar-refractivity contribution is 5.86. The number of amides is 1. The molecule has 7 nitrogen and oxygen atoms in total. The molecule has 2 fully saturated rings. The zero-order valence-electron chi connectivity index (χ0n) is 22.0. The predicted octanol–water partition coefficient (Wildman–Crippen LogP) is 4.33. The number of piperidine rings is 1. The van der Waals surface area contributed by atoms with Crippen molar-refractivity contribution >= 4 is 5.91 Å². The molecule has 0 radical (unpaired) electrons. The van der Waals surface area contributed by atoms with E-state index >= 15 is 0 Å². The van der Waals surface area contributed by atoms with Gasteiger partial charge in [0.1, 0.15) is 5.82 Å².